The second-order valence-corrected chi connectivity index (χ2v) is 2.43. The highest BCUT2D eigenvalue weighted by molar-refractivity contribution is 6.58. The van der Waals surface area contributed by atoms with E-state index in [1.165, 1.54) is 7.11 Å². The summed E-state index contributed by atoms with van der Waals surface area (Å²) in [5.74, 6) is -1.74. The Morgan fingerprint density at radius 1 is 1.38 bits per heavy atom. The van der Waals surface area contributed by atoms with E-state index in [1.54, 1.807) is 0 Å². The molecule has 0 spiro atoms. The number of phenols is 1. The molecule has 0 aliphatic carbocycles. The number of halogens is 1. The lowest BCUT2D eigenvalue weighted by Gasteiger charge is -2.06. The number of ether oxygens (including phenoxy) is 1. The molecule has 0 fully saturated rings. The van der Waals surface area contributed by atoms with Crippen LogP contribution in [0.2, 0.25) is 0 Å². The molecule has 13 heavy (non-hydrogen) atoms. The van der Waals surface area contributed by atoms with Crippen LogP contribution in [0, 0.1) is 5.82 Å². The summed E-state index contributed by atoms with van der Waals surface area (Å²) in [6, 6.07) is 1.96. The normalized spacial score (nSPS) is 9.85. The van der Waals surface area contributed by atoms with Gasteiger partial charge in [0.15, 0.2) is 17.3 Å². The smallest absolute Gasteiger partial charge is 0.488 e. The number of phenolic OH excluding ortho intramolecular Hbond substituents is 1. The van der Waals surface area contributed by atoms with Gasteiger partial charge in [-0.05, 0) is 17.6 Å². The molecule has 0 aromatic heterocycles. The first kappa shape index (κ1) is 9.82. The summed E-state index contributed by atoms with van der Waals surface area (Å²) in [6.07, 6.45) is 0. The Labute approximate surface area is 74.4 Å². The quantitative estimate of drug-likeness (QED) is 0.530. The number of aromatic hydroxyl groups is 1. The number of methoxy groups -OCH3 is 1. The minimum absolute atomic E-state index is 0.0767. The minimum atomic E-state index is -1.79. The molecular weight excluding hydrogens is 178 g/mol. The summed E-state index contributed by atoms with van der Waals surface area (Å²) < 4.78 is 17.4. The molecule has 3 N–H and O–H groups in total. The lowest BCUT2D eigenvalue weighted by atomic mass is 9.80. The fourth-order valence-corrected chi connectivity index (χ4v) is 0.898. The van der Waals surface area contributed by atoms with Crippen molar-refractivity contribution in [3.8, 4) is 11.5 Å². The van der Waals surface area contributed by atoms with E-state index < -0.39 is 18.7 Å². The van der Waals surface area contributed by atoms with Crippen LogP contribution in [0.25, 0.3) is 0 Å². The molecule has 4 nitrogen and oxygen atoms in total. The predicted octanol–water partition coefficient (Wildman–Crippen LogP) is -0.780. The third-order valence-electron chi connectivity index (χ3n) is 1.57. The van der Waals surface area contributed by atoms with Crippen LogP contribution in [0.15, 0.2) is 12.1 Å². The fourth-order valence-electron chi connectivity index (χ4n) is 0.898. The number of hydrogen-bond acceptors (Lipinski definition) is 4. The van der Waals surface area contributed by atoms with E-state index in [0.29, 0.717) is 0 Å². The molecule has 0 aliphatic rings. The van der Waals surface area contributed by atoms with Crippen LogP contribution in [0.3, 0.4) is 0 Å². The summed E-state index contributed by atoms with van der Waals surface area (Å²) in [7, 11) is -0.550. The van der Waals surface area contributed by atoms with Crippen LogP contribution in [-0.2, 0) is 0 Å². The van der Waals surface area contributed by atoms with Crippen LogP contribution in [0.5, 0.6) is 11.5 Å². The number of benzene rings is 1. The van der Waals surface area contributed by atoms with Crippen molar-refractivity contribution < 1.29 is 24.3 Å². The van der Waals surface area contributed by atoms with Gasteiger partial charge in [0.25, 0.3) is 0 Å². The molecule has 70 valence electrons. The molecule has 0 heterocycles. The third-order valence-corrected chi connectivity index (χ3v) is 1.57. The summed E-state index contributed by atoms with van der Waals surface area (Å²) in [5.41, 5.74) is -0.0767. The lowest BCUT2D eigenvalue weighted by molar-refractivity contribution is 0.357. The monoisotopic (exact) mass is 186 g/mol. The maximum atomic E-state index is 12.8. The molecule has 1 aromatic carbocycles. The Kier molecular flexibility index (Phi) is 2.74. The number of rotatable bonds is 2. The molecule has 0 unspecified atom stereocenters. The minimum Gasteiger partial charge on any atom is -0.502 e. The third kappa shape index (κ3) is 1.91. The van der Waals surface area contributed by atoms with Gasteiger partial charge < -0.3 is 19.9 Å². The van der Waals surface area contributed by atoms with Crippen molar-refractivity contribution in [3.63, 3.8) is 0 Å². The van der Waals surface area contributed by atoms with E-state index in [9.17, 15) is 4.39 Å². The lowest BCUT2D eigenvalue weighted by Crippen LogP contribution is -2.30. The van der Waals surface area contributed by atoms with Crippen molar-refractivity contribution in [1.29, 1.82) is 0 Å². The Bertz CT molecular complexity index is 316. The largest absolute Gasteiger partial charge is 0.502 e. The summed E-state index contributed by atoms with van der Waals surface area (Å²) in [6.45, 7) is 0. The highest BCUT2D eigenvalue weighted by Gasteiger charge is 2.17. The van der Waals surface area contributed by atoms with Crippen LogP contribution < -0.4 is 10.2 Å². The zero-order valence-electron chi connectivity index (χ0n) is 6.86. The van der Waals surface area contributed by atoms with Gasteiger partial charge in [-0.2, -0.15) is 0 Å². The number of hydrogen-bond donors (Lipinski definition) is 3. The molecule has 0 atom stereocenters. The van der Waals surface area contributed by atoms with Crippen LogP contribution >= 0.6 is 0 Å². The van der Waals surface area contributed by atoms with Crippen molar-refractivity contribution in [2.45, 2.75) is 0 Å². The van der Waals surface area contributed by atoms with Gasteiger partial charge in [-0.15, -0.1) is 0 Å². The molecule has 1 aromatic rings. The van der Waals surface area contributed by atoms with Crippen LogP contribution in [-0.4, -0.2) is 29.4 Å². The molecule has 0 bridgehead atoms. The maximum absolute atomic E-state index is 12.8. The molecule has 0 aliphatic heterocycles. The van der Waals surface area contributed by atoms with E-state index in [1.807, 2.05) is 0 Å². The summed E-state index contributed by atoms with van der Waals surface area (Å²) >= 11 is 0. The van der Waals surface area contributed by atoms with Crippen molar-refractivity contribution in [3.05, 3.63) is 17.9 Å². The highest BCUT2D eigenvalue weighted by Crippen LogP contribution is 2.26. The van der Waals surface area contributed by atoms with Crippen LogP contribution in [0.1, 0.15) is 0 Å². The van der Waals surface area contributed by atoms with Crippen molar-refractivity contribution >= 4 is 12.6 Å². The fraction of sp³-hybridized carbons (Fsp3) is 0.143. The van der Waals surface area contributed by atoms with Crippen LogP contribution in [0.4, 0.5) is 4.39 Å². The van der Waals surface area contributed by atoms with E-state index in [2.05, 4.69) is 4.74 Å². The second-order valence-electron chi connectivity index (χ2n) is 2.43. The van der Waals surface area contributed by atoms with Crippen molar-refractivity contribution in [2.24, 2.45) is 0 Å². The molecular formula is C7H8BFO4. The average molecular weight is 186 g/mol. The average Bonchev–Trinajstić information content (AvgIpc) is 2.09. The predicted molar refractivity (Wildman–Crippen MR) is 44.4 cm³/mol. The molecule has 0 saturated carbocycles. The first-order valence-corrected chi connectivity index (χ1v) is 3.48. The molecule has 0 saturated heterocycles. The maximum Gasteiger partial charge on any atom is 0.488 e. The zero-order chi connectivity index (χ0) is 10.0. The van der Waals surface area contributed by atoms with Crippen molar-refractivity contribution in [1.82, 2.24) is 0 Å². The standard InChI is InChI=1S/C7H8BFO4/c1-13-6-3-4(8(11)12)2-5(9)7(6)10/h2-3,10-12H,1H3. The van der Waals surface area contributed by atoms with Crippen molar-refractivity contribution in [2.75, 3.05) is 7.11 Å². The van der Waals surface area contributed by atoms with E-state index in [0.717, 1.165) is 12.1 Å². The molecule has 1 rings (SSSR count). The first-order chi connectivity index (χ1) is 6.06. The van der Waals surface area contributed by atoms with Gasteiger partial charge in [0.2, 0.25) is 0 Å². The Morgan fingerprint density at radius 3 is 2.46 bits per heavy atom. The Hall–Kier alpha value is -1.27. The summed E-state index contributed by atoms with van der Waals surface area (Å²) in [5, 5.41) is 26.5. The first-order valence-electron chi connectivity index (χ1n) is 3.48. The van der Waals surface area contributed by atoms with Gasteiger partial charge >= 0.3 is 7.12 Å². The molecule has 0 radical (unpaired) electrons. The highest BCUT2D eigenvalue weighted by atomic mass is 19.1. The summed E-state index contributed by atoms with van der Waals surface area (Å²) in [4.78, 5) is 0. The Morgan fingerprint density at radius 2 is 2.00 bits per heavy atom. The van der Waals surface area contributed by atoms with Gasteiger partial charge in [0.05, 0.1) is 7.11 Å². The van der Waals surface area contributed by atoms with E-state index in [4.69, 9.17) is 15.2 Å². The second kappa shape index (κ2) is 3.63. The van der Waals surface area contributed by atoms with Gasteiger partial charge in [0, 0.05) is 0 Å². The van der Waals surface area contributed by atoms with E-state index in [-0.39, 0.29) is 11.2 Å². The zero-order valence-corrected chi connectivity index (χ0v) is 6.86. The molecule has 0 amide bonds. The van der Waals surface area contributed by atoms with Gasteiger partial charge in [0.1, 0.15) is 0 Å². The van der Waals surface area contributed by atoms with Gasteiger partial charge in [-0.25, -0.2) is 4.39 Å². The topological polar surface area (TPSA) is 69.9 Å². The SMILES string of the molecule is COc1cc(B(O)O)cc(F)c1O. The van der Waals surface area contributed by atoms with Gasteiger partial charge in [-0.3, -0.25) is 0 Å². The van der Waals surface area contributed by atoms with E-state index >= 15 is 0 Å². The Balaban J connectivity index is 3.22. The molecule has 6 heteroatoms. The van der Waals surface area contributed by atoms with Gasteiger partial charge in [-0.1, -0.05) is 0 Å².